The number of carbonyl (C=O) groups is 1. The highest BCUT2D eigenvalue weighted by molar-refractivity contribution is 6.30. The van der Waals surface area contributed by atoms with Gasteiger partial charge in [0, 0.05) is 24.4 Å². The second kappa shape index (κ2) is 6.29. The Balaban J connectivity index is 1.80. The highest BCUT2D eigenvalue weighted by atomic mass is 35.5. The molecule has 0 radical (unpaired) electrons. The first kappa shape index (κ1) is 16.0. The van der Waals surface area contributed by atoms with Gasteiger partial charge in [-0.2, -0.15) is 5.10 Å². The molecule has 0 spiro atoms. The van der Waals surface area contributed by atoms with E-state index in [4.69, 9.17) is 11.6 Å². The fourth-order valence-corrected chi connectivity index (χ4v) is 2.96. The number of aromatic nitrogens is 2. The maximum absolute atomic E-state index is 13.5. The lowest BCUT2D eigenvalue weighted by Crippen LogP contribution is -2.41. The lowest BCUT2D eigenvalue weighted by atomic mass is 9.75. The standard InChI is InChI=1S/C16H17ClFN3O2/c1-21-8-11(7-19-21)15(10-4-12(22)5-10)20-16(23)9-2-3-13(17)14(18)6-9/h2-3,6-8,10,12,15,22H,4-5H2,1H3,(H,20,23). The summed E-state index contributed by atoms with van der Waals surface area (Å²) in [4.78, 5) is 12.4. The fraction of sp³-hybridized carbons (Fsp3) is 0.375. The molecule has 1 aliphatic rings. The van der Waals surface area contributed by atoms with Crippen LogP contribution in [-0.2, 0) is 7.05 Å². The molecule has 1 aliphatic carbocycles. The topological polar surface area (TPSA) is 67.2 Å². The molecule has 0 aliphatic heterocycles. The third-order valence-electron chi connectivity index (χ3n) is 4.17. The Morgan fingerprint density at radius 1 is 1.52 bits per heavy atom. The first-order valence-electron chi connectivity index (χ1n) is 7.36. The summed E-state index contributed by atoms with van der Waals surface area (Å²) < 4.78 is 15.2. The predicted octanol–water partition coefficient (Wildman–Crippen LogP) is 2.45. The van der Waals surface area contributed by atoms with Crippen LogP contribution in [0.1, 0.15) is 34.8 Å². The minimum absolute atomic E-state index is 0.0209. The van der Waals surface area contributed by atoms with Crippen LogP contribution >= 0.6 is 11.6 Å². The molecular weight excluding hydrogens is 321 g/mol. The predicted molar refractivity (Wildman–Crippen MR) is 83.6 cm³/mol. The van der Waals surface area contributed by atoms with Crippen molar-refractivity contribution in [1.29, 1.82) is 0 Å². The number of aryl methyl sites for hydroxylation is 1. The quantitative estimate of drug-likeness (QED) is 0.900. The highest BCUT2D eigenvalue weighted by Gasteiger charge is 2.36. The summed E-state index contributed by atoms with van der Waals surface area (Å²) in [6.07, 6.45) is 4.43. The highest BCUT2D eigenvalue weighted by Crippen LogP contribution is 2.38. The van der Waals surface area contributed by atoms with Crippen LogP contribution in [0.4, 0.5) is 4.39 Å². The van der Waals surface area contributed by atoms with Gasteiger partial charge >= 0.3 is 0 Å². The number of benzene rings is 1. The van der Waals surface area contributed by atoms with Crippen LogP contribution in [0.15, 0.2) is 30.6 Å². The van der Waals surface area contributed by atoms with Gasteiger partial charge in [0.15, 0.2) is 0 Å². The van der Waals surface area contributed by atoms with E-state index >= 15 is 0 Å². The number of aliphatic hydroxyl groups is 1. The molecule has 0 saturated heterocycles. The number of carbonyl (C=O) groups excluding carboxylic acids is 1. The first-order valence-corrected chi connectivity index (χ1v) is 7.74. The third kappa shape index (κ3) is 3.38. The monoisotopic (exact) mass is 337 g/mol. The Hall–Kier alpha value is -1.92. The number of amides is 1. The van der Waals surface area contributed by atoms with E-state index in [1.807, 2.05) is 6.20 Å². The smallest absolute Gasteiger partial charge is 0.251 e. The van der Waals surface area contributed by atoms with Gasteiger partial charge in [0.1, 0.15) is 5.82 Å². The second-order valence-electron chi connectivity index (χ2n) is 5.91. The SMILES string of the molecule is Cn1cc(C(NC(=O)c2ccc(Cl)c(F)c2)C2CC(O)C2)cn1. The van der Waals surface area contributed by atoms with Crippen molar-refractivity contribution in [1.82, 2.24) is 15.1 Å². The number of nitrogens with zero attached hydrogens (tertiary/aromatic N) is 2. The van der Waals surface area contributed by atoms with Crippen LogP contribution in [0.25, 0.3) is 0 Å². The number of nitrogens with one attached hydrogen (secondary N) is 1. The van der Waals surface area contributed by atoms with Crippen LogP contribution in [0.3, 0.4) is 0 Å². The lowest BCUT2D eigenvalue weighted by molar-refractivity contribution is 0.0235. The van der Waals surface area contributed by atoms with Crippen molar-refractivity contribution in [2.45, 2.75) is 25.0 Å². The van der Waals surface area contributed by atoms with Crippen molar-refractivity contribution >= 4 is 17.5 Å². The van der Waals surface area contributed by atoms with Crippen LogP contribution < -0.4 is 5.32 Å². The molecule has 1 atom stereocenters. The Bertz CT molecular complexity index is 728. The van der Waals surface area contributed by atoms with Crippen molar-refractivity contribution in [2.75, 3.05) is 0 Å². The van der Waals surface area contributed by atoms with Gasteiger partial charge in [-0.1, -0.05) is 11.6 Å². The van der Waals surface area contributed by atoms with Crippen molar-refractivity contribution in [3.05, 3.63) is 52.6 Å². The maximum atomic E-state index is 13.5. The number of halogens is 2. The molecule has 1 aromatic carbocycles. The summed E-state index contributed by atoms with van der Waals surface area (Å²) in [6, 6.07) is 3.70. The summed E-state index contributed by atoms with van der Waals surface area (Å²) >= 11 is 5.64. The van der Waals surface area contributed by atoms with Gasteiger partial charge in [0.2, 0.25) is 0 Å². The summed E-state index contributed by atoms with van der Waals surface area (Å²) in [5, 5.41) is 16.6. The average molecular weight is 338 g/mol. The molecule has 7 heteroatoms. The average Bonchev–Trinajstić information content (AvgIpc) is 2.91. The Morgan fingerprint density at radius 2 is 2.26 bits per heavy atom. The van der Waals surface area contributed by atoms with E-state index in [-0.39, 0.29) is 34.6 Å². The van der Waals surface area contributed by atoms with E-state index in [2.05, 4.69) is 10.4 Å². The maximum Gasteiger partial charge on any atom is 0.251 e. The van der Waals surface area contributed by atoms with E-state index in [1.54, 1.807) is 17.9 Å². The molecule has 2 aromatic rings. The Labute approximate surface area is 138 Å². The van der Waals surface area contributed by atoms with Crippen LogP contribution in [0.2, 0.25) is 5.02 Å². The van der Waals surface area contributed by atoms with E-state index in [9.17, 15) is 14.3 Å². The summed E-state index contributed by atoms with van der Waals surface area (Å²) in [7, 11) is 1.80. The zero-order valence-electron chi connectivity index (χ0n) is 12.5. The molecule has 1 fully saturated rings. The summed E-state index contributed by atoms with van der Waals surface area (Å²) in [5.41, 5.74) is 1.08. The van der Waals surface area contributed by atoms with Crippen LogP contribution in [0, 0.1) is 11.7 Å². The van der Waals surface area contributed by atoms with E-state index in [0.29, 0.717) is 12.8 Å². The minimum Gasteiger partial charge on any atom is -0.393 e. The van der Waals surface area contributed by atoms with Gasteiger partial charge in [-0.15, -0.1) is 0 Å². The molecule has 3 rings (SSSR count). The van der Waals surface area contributed by atoms with E-state index < -0.39 is 5.82 Å². The van der Waals surface area contributed by atoms with Crippen molar-refractivity contribution < 1.29 is 14.3 Å². The summed E-state index contributed by atoms with van der Waals surface area (Å²) in [6.45, 7) is 0. The van der Waals surface area contributed by atoms with E-state index in [0.717, 1.165) is 11.6 Å². The largest absolute Gasteiger partial charge is 0.393 e. The van der Waals surface area contributed by atoms with Gasteiger partial charge < -0.3 is 10.4 Å². The molecule has 5 nitrogen and oxygen atoms in total. The lowest BCUT2D eigenvalue weighted by Gasteiger charge is -2.37. The number of hydrogen-bond donors (Lipinski definition) is 2. The molecular formula is C16H17ClFN3O2. The Kier molecular flexibility index (Phi) is 4.37. The fourth-order valence-electron chi connectivity index (χ4n) is 2.84. The van der Waals surface area contributed by atoms with Crippen LogP contribution in [0.5, 0.6) is 0 Å². The van der Waals surface area contributed by atoms with Gasteiger partial charge in [0.05, 0.1) is 23.4 Å². The minimum atomic E-state index is -0.628. The van der Waals surface area contributed by atoms with E-state index in [1.165, 1.54) is 12.1 Å². The van der Waals surface area contributed by atoms with Gasteiger partial charge in [0.25, 0.3) is 5.91 Å². The zero-order valence-corrected chi connectivity index (χ0v) is 13.3. The zero-order chi connectivity index (χ0) is 16.6. The second-order valence-corrected chi connectivity index (χ2v) is 6.32. The number of hydrogen-bond acceptors (Lipinski definition) is 3. The third-order valence-corrected chi connectivity index (χ3v) is 4.48. The molecule has 122 valence electrons. The first-order chi connectivity index (χ1) is 10.9. The molecule has 1 unspecified atom stereocenters. The Morgan fingerprint density at radius 3 is 2.83 bits per heavy atom. The molecule has 1 amide bonds. The molecule has 0 bridgehead atoms. The van der Waals surface area contributed by atoms with Crippen molar-refractivity contribution in [3.63, 3.8) is 0 Å². The molecule has 2 N–H and O–H groups in total. The normalized spacial score (nSPS) is 21.6. The van der Waals surface area contributed by atoms with Gasteiger partial charge in [-0.25, -0.2) is 4.39 Å². The van der Waals surface area contributed by atoms with Gasteiger partial charge in [-0.3, -0.25) is 9.48 Å². The number of aliphatic hydroxyl groups excluding tert-OH is 1. The molecule has 23 heavy (non-hydrogen) atoms. The van der Waals surface area contributed by atoms with Crippen LogP contribution in [-0.4, -0.2) is 26.9 Å². The molecule has 1 heterocycles. The summed E-state index contributed by atoms with van der Waals surface area (Å²) in [5.74, 6) is -0.873. The molecule has 1 saturated carbocycles. The van der Waals surface area contributed by atoms with Crippen molar-refractivity contribution in [2.24, 2.45) is 13.0 Å². The molecule has 1 aromatic heterocycles. The van der Waals surface area contributed by atoms with Gasteiger partial charge in [-0.05, 0) is 37.0 Å². The number of rotatable bonds is 4. The van der Waals surface area contributed by atoms with Crippen molar-refractivity contribution in [3.8, 4) is 0 Å².